The molecule has 158 valence electrons. The van der Waals surface area contributed by atoms with Crippen molar-refractivity contribution in [3.63, 3.8) is 0 Å². The summed E-state index contributed by atoms with van der Waals surface area (Å²) in [6, 6.07) is 30.3. The molecule has 1 fully saturated rings. The van der Waals surface area contributed by atoms with Crippen LogP contribution in [0.3, 0.4) is 0 Å². The predicted molar refractivity (Wildman–Crippen MR) is 120 cm³/mol. The molecule has 0 bridgehead atoms. The number of rotatable bonds is 5. The molecule has 0 aliphatic carbocycles. The zero-order chi connectivity index (χ0) is 21.2. The third kappa shape index (κ3) is 6.68. The van der Waals surface area contributed by atoms with Crippen molar-refractivity contribution in [2.45, 2.75) is 18.8 Å². The highest BCUT2D eigenvalue weighted by Gasteiger charge is 2.33. The number of anilines is 2. The Morgan fingerprint density at radius 2 is 1.23 bits per heavy atom. The van der Waals surface area contributed by atoms with Gasteiger partial charge in [-0.1, -0.05) is 66.7 Å². The molecule has 1 saturated heterocycles. The predicted octanol–water partition coefficient (Wildman–Crippen LogP) is 3.26. The van der Waals surface area contributed by atoms with Gasteiger partial charge in [0.05, 0.1) is 12.2 Å². The van der Waals surface area contributed by atoms with E-state index in [1.54, 1.807) is 0 Å². The van der Waals surface area contributed by atoms with Crippen molar-refractivity contribution in [1.29, 1.82) is 0 Å². The smallest absolute Gasteiger partial charge is 0.0929 e. The van der Waals surface area contributed by atoms with Crippen LogP contribution in [0.1, 0.15) is 5.56 Å². The molecule has 5 heteroatoms. The van der Waals surface area contributed by atoms with Crippen LogP contribution >= 0.6 is 0 Å². The first-order valence-corrected chi connectivity index (χ1v) is 10.3. The number of β-amino-alcohol motifs (C(OH)–C–C–N with tert-alkyl or cyclic N) is 1. The molecule has 3 atom stereocenters. The van der Waals surface area contributed by atoms with E-state index in [9.17, 15) is 10.2 Å². The lowest BCUT2D eigenvalue weighted by atomic mass is 9.93. The number of benzene rings is 3. The average Bonchev–Trinajstić information content (AvgIpc) is 2.79. The minimum absolute atomic E-state index is 0.0937. The van der Waals surface area contributed by atoms with Crippen LogP contribution in [0.15, 0.2) is 91.0 Å². The van der Waals surface area contributed by atoms with Gasteiger partial charge in [-0.2, -0.15) is 0 Å². The molecule has 1 heterocycles. The van der Waals surface area contributed by atoms with Gasteiger partial charge in [0.15, 0.2) is 0 Å². The van der Waals surface area contributed by atoms with E-state index in [1.807, 2.05) is 91.0 Å². The largest absolute Gasteiger partial charge is 0.396 e. The van der Waals surface area contributed by atoms with E-state index in [0.29, 0.717) is 13.1 Å². The topological polar surface area (TPSA) is 76.0 Å². The van der Waals surface area contributed by atoms with Crippen LogP contribution in [-0.2, 0) is 6.54 Å². The Kier molecular flexibility index (Phi) is 8.41. The second-order valence-corrected chi connectivity index (χ2v) is 7.54. The fourth-order valence-electron chi connectivity index (χ4n) is 3.55. The van der Waals surface area contributed by atoms with Crippen molar-refractivity contribution in [3.05, 3.63) is 96.6 Å². The molecular weight excluding hydrogens is 376 g/mol. The van der Waals surface area contributed by atoms with E-state index < -0.39 is 12.2 Å². The van der Waals surface area contributed by atoms with E-state index in [1.165, 1.54) is 5.56 Å². The number of hydrogen-bond donors (Lipinski definition) is 4. The first-order valence-electron chi connectivity index (χ1n) is 10.3. The molecule has 5 nitrogen and oxygen atoms in total. The fraction of sp³-hybridized carbons (Fsp3) is 0.280. The summed E-state index contributed by atoms with van der Waals surface area (Å²) in [7, 11) is 0. The Labute approximate surface area is 178 Å². The summed E-state index contributed by atoms with van der Waals surface area (Å²) in [6.07, 6.45) is -1.59. The van der Waals surface area contributed by atoms with Gasteiger partial charge in [-0.15, -0.1) is 0 Å². The quantitative estimate of drug-likeness (QED) is 0.523. The number of piperidine rings is 1. The Balaban J connectivity index is 0.000000177. The van der Waals surface area contributed by atoms with Crippen molar-refractivity contribution < 1.29 is 15.3 Å². The first kappa shape index (κ1) is 22.0. The van der Waals surface area contributed by atoms with Crippen molar-refractivity contribution >= 4 is 11.4 Å². The zero-order valence-corrected chi connectivity index (χ0v) is 17.0. The van der Waals surface area contributed by atoms with E-state index in [-0.39, 0.29) is 12.5 Å². The number of aliphatic hydroxyl groups excluding tert-OH is 3. The van der Waals surface area contributed by atoms with Crippen molar-refractivity contribution in [1.82, 2.24) is 4.90 Å². The lowest BCUT2D eigenvalue weighted by molar-refractivity contribution is -0.0879. The van der Waals surface area contributed by atoms with Crippen molar-refractivity contribution in [2.75, 3.05) is 25.0 Å². The molecule has 1 aliphatic rings. The Morgan fingerprint density at radius 1 is 0.733 bits per heavy atom. The van der Waals surface area contributed by atoms with Crippen LogP contribution < -0.4 is 5.32 Å². The normalized spacial score (nSPS) is 21.4. The Bertz CT molecular complexity index is 809. The van der Waals surface area contributed by atoms with Crippen LogP contribution in [0, 0.1) is 5.92 Å². The molecule has 4 rings (SSSR count). The molecule has 0 amide bonds. The summed E-state index contributed by atoms with van der Waals surface area (Å²) in [5.41, 5.74) is 3.41. The number of aliphatic hydroxyl groups is 3. The maximum Gasteiger partial charge on any atom is 0.0929 e. The van der Waals surface area contributed by atoms with Crippen LogP contribution in [0.2, 0.25) is 0 Å². The minimum atomic E-state index is -0.813. The molecule has 1 aliphatic heterocycles. The van der Waals surface area contributed by atoms with Gasteiger partial charge < -0.3 is 20.6 Å². The van der Waals surface area contributed by atoms with Gasteiger partial charge in [-0.25, -0.2) is 0 Å². The highest BCUT2D eigenvalue weighted by molar-refractivity contribution is 5.58. The van der Waals surface area contributed by atoms with E-state index >= 15 is 0 Å². The molecule has 3 aromatic carbocycles. The second-order valence-electron chi connectivity index (χ2n) is 7.54. The average molecular weight is 407 g/mol. The molecule has 3 unspecified atom stereocenters. The number of nitrogens with one attached hydrogen (secondary N) is 1. The Hall–Kier alpha value is -2.70. The highest BCUT2D eigenvalue weighted by atomic mass is 16.3. The lowest BCUT2D eigenvalue weighted by Crippen LogP contribution is -2.53. The maximum atomic E-state index is 9.72. The SMILES string of the molecule is OCC1CN(Cc2ccccc2)CC(O)C1O.c1ccc(Nc2ccccc2)cc1. The van der Waals surface area contributed by atoms with Gasteiger partial charge in [0.25, 0.3) is 0 Å². The summed E-state index contributed by atoms with van der Waals surface area (Å²) in [6.45, 7) is 1.71. The monoisotopic (exact) mass is 406 g/mol. The van der Waals surface area contributed by atoms with Crippen molar-refractivity contribution in [2.24, 2.45) is 5.92 Å². The fourth-order valence-corrected chi connectivity index (χ4v) is 3.55. The molecular formula is C25H30N2O3. The lowest BCUT2D eigenvalue weighted by Gasteiger charge is -2.38. The first-order chi connectivity index (χ1) is 14.7. The highest BCUT2D eigenvalue weighted by Crippen LogP contribution is 2.19. The molecule has 30 heavy (non-hydrogen) atoms. The van der Waals surface area contributed by atoms with Gasteiger partial charge in [0.1, 0.15) is 0 Å². The second kappa shape index (κ2) is 11.5. The summed E-state index contributed by atoms with van der Waals surface area (Å²) >= 11 is 0. The van der Waals surface area contributed by atoms with Gasteiger partial charge >= 0.3 is 0 Å². The molecule has 0 aromatic heterocycles. The maximum absolute atomic E-state index is 9.72. The molecule has 3 aromatic rings. The van der Waals surface area contributed by atoms with Crippen LogP contribution in [-0.4, -0.2) is 52.1 Å². The number of para-hydroxylation sites is 2. The summed E-state index contributed by atoms with van der Waals surface area (Å²) in [4.78, 5) is 2.06. The van der Waals surface area contributed by atoms with Gasteiger partial charge in [-0.3, -0.25) is 4.90 Å². The van der Waals surface area contributed by atoms with E-state index in [2.05, 4.69) is 10.2 Å². The van der Waals surface area contributed by atoms with Gasteiger partial charge in [0.2, 0.25) is 0 Å². The minimum Gasteiger partial charge on any atom is -0.396 e. The third-order valence-corrected chi connectivity index (χ3v) is 5.13. The van der Waals surface area contributed by atoms with Crippen LogP contribution in [0.5, 0.6) is 0 Å². The summed E-state index contributed by atoms with van der Waals surface area (Å²) < 4.78 is 0. The summed E-state index contributed by atoms with van der Waals surface area (Å²) in [5, 5.41) is 31.9. The van der Waals surface area contributed by atoms with Crippen molar-refractivity contribution in [3.8, 4) is 0 Å². The van der Waals surface area contributed by atoms with Gasteiger partial charge in [0, 0.05) is 43.5 Å². The van der Waals surface area contributed by atoms with Crippen LogP contribution in [0.4, 0.5) is 11.4 Å². The van der Waals surface area contributed by atoms with Crippen LogP contribution in [0.25, 0.3) is 0 Å². The van der Waals surface area contributed by atoms with E-state index in [4.69, 9.17) is 5.11 Å². The molecule has 0 radical (unpaired) electrons. The molecule has 0 saturated carbocycles. The third-order valence-electron chi connectivity index (χ3n) is 5.13. The number of likely N-dealkylation sites (tertiary alicyclic amines) is 1. The molecule has 0 spiro atoms. The molecule has 4 N–H and O–H groups in total. The number of nitrogens with zero attached hydrogens (tertiary/aromatic N) is 1. The Morgan fingerprint density at radius 3 is 1.73 bits per heavy atom. The zero-order valence-electron chi connectivity index (χ0n) is 17.0. The standard InChI is InChI=1S/C13H19NO3.C12H11N/c15-9-11-7-14(8-12(16)13(11)17)6-10-4-2-1-3-5-10;1-3-7-11(8-4-1)13-12-9-5-2-6-10-12/h1-5,11-13,15-17H,6-9H2;1-10,13H. The van der Waals surface area contributed by atoms with Gasteiger partial charge in [-0.05, 0) is 29.8 Å². The van der Waals surface area contributed by atoms with E-state index in [0.717, 1.165) is 17.9 Å². The summed E-state index contributed by atoms with van der Waals surface area (Å²) in [5.74, 6) is -0.262. The number of hydrogen-bond acceptors (Lipinski definition) is 5.